The summed E-state index contributed by atoms with van der Waals surface area (Å²) in [5, 5.41) is 27.4. The molecule has 0 bridgehead atoms. The summed E-state index contributed by atoms with van der Waals surface area (Å²) in [5.41, 5.74) is 4.34. The van der Waals surface area contributed by atoms with Crippen molar-refractivity contribution in [1.82, 2.24) is 14.8 Å². The normalized spacial score (nSPS) is 14.7. The number of likely N-dealkylation sites (N-methyl/N-ethyl adjacent to an activating group) is 2. The number of nitrogens with zero attached hydrogens (tertiary/aromatic N) is 4. The lowest BCUT2D eigenvalue weighted by Crippen LogP contribution is -2.48. The number of rotatable bonds is 8. The third-order valence-corrected chi connectivity index (χ3v) is 7.65. The molecule has 242 valence electrons. The molecule has 4 aromatic rings. The quantitative estimate of drug-likeness (QED) is 0.169. The van der Waals surface area contributed by atoms with Crippen molar-refractivity contribution in [3.63, 3.8) is 0 Å². The summed E-state index contributed by atoms with van der Waals surface area (Å²) in [5.74, 6) is -1.65. The maximum absolute atomic E-state index is 12.9. The van der Waals surface area contributed by atoms with Crippen LogP contribution in [-0.2, 0) is 14.3 Å². The van der Waals surface area contributed by atoms with Crippen LogP contribution in [0.15, 0.2) is 77.8 Å². The minimum atomic E-state index is -1.23. The summed E-state index contributed by atoms with van der Waals surface area (Å²) < 4.78 is 4.83. The first kappa shape index (κ1) is 33.8. The van der Waals surface area contributed by atoms with Crippen molar-refractivity contribution in [3.8, 4) is 5.88 Å². The number of aliphatic hydroxyl groups excluding tert-OH is 1. The number of aliphatic imine (C=N–C) groups is 1. The Morgan fingerprint density at radius 3 is 2.20 bits per heavy atom. The number of carboxylic acid groups (broad SMARTS) is 1. The molecule has 1 fully saturated rings. The van der Waals surface area contributed by atoms with Crippen LogP contribution >= 0.6 is 0 Å². The van der Waals surface area contributed by atoms with Gasteiger partial charge in [-0.2, -0.15) is 0 Å². The highest BCUT2D eigenvalue weighted by atomic mass is 16.5. The molecule has 0 spiro atoms. The van der Waals surface area contributed by atoms with Crippen LogP contribution in [-0.4, -0.2) is 114 Å². The molecule has 1 atom stereocenters. The number of aliphatic carboxylic acids is 1. The Hall–Kier alpha value is -5.04. The van der Waals surface area contributed by atoms with Gasteiger partial charge in [0.25, 0.3) is 0 Å². The van der Waals surface area contributed by atoms with Crippen LogP contribution in [0.2, 0.25) is 0 Å². The van der Waals surface area contributed by atoms with E-state index in [4.69, 9.17) is 19.9 Å². The smallest absolute Gasteiger partial charge is 0.337 e. The van der Waals surface area contributed by atoms with Gasteiger partial charge >= 0.3 is 11.9 Å². The number of H-pyrrole nitrogens is 1. The molecule has 5 rings (SSSR count). The highest BCUT2D eigenvalue weighted by molar-refractivity contribution is 6.22. The van der Waals surface area contributed by atoms with Crippen molar-refractivity contribution in [1.29, 1.82) is 0 Å². The molecule has 0 unspecified atom stereocenters. The molecule has 1 saturated heterocycles. The molecule has 1 amide bonds. The number of amides is 1. The van der Waals surface area contributed by atoms with E-state index in [2.05, 4.69) is 21.8 Å². The molecule has 46 heavy (non-hydrogen) atoms. The summed E-state index contributed by atoms with van der Waals surface area (Å²) >= 11 is 0. The van der Waals surface area contributed by atoms with E-state index in [1.165, 1.54) is 14.0 Å². The Morgan fingerprint density at radius 1 is 0.978 bits per heavy atom. The van der Waals surface area contributed by atoms with Crippen LogP contribution < -0.4 is 4.90 Å². The Labute approximate surface area is 267 Å². The number of carbonyl (C=O) groups is 3. The first-order valence-corrected chi connectivity index (χ1v) is 14.7. The maximum Gasteiger partial charge on any atom is 0.337 e. The average Bonchev–Trinajstić information content (AvgIpc) is 3.39. The lowest BCUT2D eigenvalue weighted by atomic mass is 10.00. The number of aromatic hydroxyl groups is 1. The molecule has 0 aliphatic carbocycles. The summed E-state index contributed by atoms with van der Waals surface area (Å²) in [4.78, 5) is 48.4. The average molecular weight is 630 g/mol. The number of aromatic amines is 1. The zero-order valence-corrected chi connectivity index (χ0v) is 26.3. The van der Waals surface area contributed by atoms with Gasteiger partial charge in [-0.05, 0) is 50.4 Å². The lowest BCUT2D eigenvalue weighted by molar-refractivity contribution is -0.145. The standard InChI is InChI=1S/C31H33N5O4.C3H6O3/c1-34-15-17-36(18-16-34)20-27(37)35(2)24-12-10-23(11-13-24)32-29(21-7-5-4-6-8-21)28-25-14-9-22(31(39)40-3)19-26(25)33-30(28)38;1-2(4)3(5)6/h4-14,19,33,38H,15-18,20H2,1-3H3;2,4H,1H3,(H,5,6)/t;2-/m.0/s1. The highest BCUT2D eigenvalue weighted by Gasteiger charge is 2.21. The van der Waals surface area contributed by atoms with Gasteiger partial charge in [-0.3, -0.25) is 9.69 Å². The number of aliphatic hydroxyl groups is 1. The summed E-state index contributed by atoms with van der Waals surface area (Å²) in [6.45, 7) is 5.29. The van der Waals surface area contributed by atoms with Crippen molar-refractivity contribution in [2.45, 2.75) is 13.0 Å². The van der Waals surface area contributed by atoms with Crippen LogP contribution in [0.5, 0.6) is 5.88 Å². The molecule has 1 aliphatic rings. The second-order valence-electron chi connectivity index (χ2n) is 11.0. The van der Waals surface area contributed by atoms with Crippen molar-refractivity contribution < 1.29 is 34.4 Å². The van der Waals surface area contributed by atoms with Crippen molar-refractivity contribution in [2.24, 2.45) is 4.99 Å². The van der Waals surface area contributed by atoms with E-state index in [-0.39, 0.29) is 11.8 Å². The molecule has 4 N–H and O–H groups in total. The minimum absolute atomic E-state index is 0.0424. The van der Waals surface area contributed by atoms with Crippen molar-refractivity contribution in [3.05, 3.63) is 89.5 Å². The molecule has 12 nitrogen and oxygen atoms in total. The van der Waals surface area contributed by atoms with E-state index in [9.17, 15) is 19.5 Å². The molecule has 12 heteroatoms. The zero-order valence-electron chi connectivity index (χ0n) is 26.3. The number of hydrogen-bond acceptors (Lipinski definition) is 9. The molecule has 1 aromatic heterocycles. The largest absolute Gasteiger partial charge is 0.494 e. The summed E-state index contributed by atoms with van der Waals surface area (Å²) in [6.07, 6.45) is -1.23. The van der Waals surface area contributed by atoms with E-state index < -0.39 is 18.0 Å². The van der Waals surface area contributed by atoms with Gasteiger partial charge in [0, 0.05) is 55.4 Å². The predicted octanol–water partition coefficient (Wildman–Crippen LogP) is 3.49. The molecular formula is C34H39N5O7. The molecule has 1 aliphatic heterocycles. The predicted molar refractivity (Wildman–Crippen MR) is 176 cm³/mol. The summed E-state index contributed by atoms with van der Waals surface area (Å²) in [6, 6.07) is 22.2. The number of anilines is 1. The number of esters is 1. The number of benzene rings is 3. The molecule has 0 saturated carbocycles. The van der Waals surface area contributed by atoms with Crippen LogP contribution in [0.1, 0.15) is 28.4 Å². The van der Waals surface area contributed by atoms with Gasteiger partial charge in [-0.15, -0.1) is 0 Å². The molecule has 0 radical (unpaired) electrons. The fourth-order valence-corrected chi connectivity index (χ4v) is 4.86. The number of piperazine rings is 1. The number of carboxylic acids is 1. The molecule has 2 heterocycles. The van der Waals surface area contributed by atoms with Crippen LogP contribution in [0, 0.1) is 0 Å². The van der Waals surface area contributed by atoms with Gasteiger partial charge in [0.1, 0.15) is 6.10 Å². The Bertz CT molecular complexity index is 1690. The van der Waals surface area contributed by atoms with Crippen LogP contribution in [0.4, 0.5) is 11.4 Å². The maximum atomic E-state index is 12.9. The van der Waals surface area contributed by atoms with E-state index >= 15 is 0 Å². The number of hydrogen-bond donors (Lipinski definition) is 4. The SMILES string of the molecule is COC(=O)c1ccc2c(C(=Nc3ccc(N(C)C(=O)CN4CCN(C)CC4)cc3)c3ccccc3)c(O)[nH]c2c1.C[C@H](O)C(=O)O. The second kappa shape index (κ2) is 15.3. The number of aromatic nitrogens is 1. The van der Waals surface area contributed by atoms with Crippen LogP contribution in [0.3, 0.4) is 0 Å². The van der Waals surface area contributed by atoms with E-state index in [0.717, 1.165) is 42.8 Å². The molecular weight excluding hydrogens is 590 g/mol. The van der Waals surface area contributed by atoms with Gasteiger partial charge in [-0.25, -0.2) is 14.6 Å². The highest BCUT2D eigenvalue weighted by Crippen LogP contribution is 2.32. The Balaban J connectivity index is 0.000000731. The van der Waals surface area contributed by atoms with Gasteiger partial charge < -0.3 is 34.8 Å². The van der Waals surface area contributed by atoms with Crippen molar-refractivity contribution >= 4 is 45.8 Å². The van der Waals surface area contributed by atoms with Gasteiger partial charge in [0.15, 0.2) is 5.88 Å². The van der Waals surface area contributed by atoms with Gasteiger partial charge in [0.2, 0.25) is 5.91 Å². The Morgan fingerprint density at radius 2 is 1.61 bits per heavy atom. The van der Waals surface area contributed by atoms with E-state index in [0.29, 0.717) is 34.6 Å². The lowest BCUT2D eigenvalue weighted by Gasteiger charge is -2.32. The third kappa shape index (κ3) is 8.36. The first-order valence-electron chi connectivity index (χ1n) is 14.7. The number of ether oxygens (including phenoxy) is 1. The zero-order chi connectivity index (χ0) is 33.4. The van der Waals surface area contributed by atoms with Gasteiger partial charge in [-0.1, -0.05) is 36.4 Å². The number of fused-ring (bicyclic) bond motifs is 1. The Kier molecular flexibility index (Phi) is 11.3. The third-order valence-electron chi connectivity index (χ3n) is 7.65. The number of nitrogens with one attached hydrogen (secondary N) is 1. The number of carbonyl (C=O) groups excluding carboxylic acids is 2. The molecule has 3 aromatic carbocycles. The fourth-order valence-electron chi connectivity index (χ4n) is 4.86. The van der Waals surface area contributed by atoms with Crippen molar-refractivity contribution in [2.75, 3.05) is 58.8 Å². The number of methoxy groups -OCH3 is 1. The monoisotopic (exact) mass is 629 g/mol. The fraction of sp³-hybridized carbons (Fsp3) is 0.294. The van der Waals surface area contributed by atoms with Gasteiger partial charge in [0.05, 0.1) is 36.2 Å². The minimum Gasteiger partial charge on any atom is -0.494 e. The van der Waals surface area contributed by atoms with E-state index in [1.54, 1.807) is 30.1 Å². The topological polar surface area (TPSA) is 159 Å². The van der Waals surface area contributed by atoms with E-state index in [1.807, 2.05) is 54.6 Å². The summed E-state index contributed by atoms with van der Waals surface area (Å²) in [7, 11) is 5.22. The second-order valence-corrected chi connectivity index (χ2v) is 11.0. The van der Waals surface area contributed by atoms with Crippen LogP contribution in [0.25, 0.3) is 10.9 Å². The first-order chi connectivity index (χ1) is 22.0.